The third kappa shape index (κ3) is 3.26. The smallest absolute Gasteiger partial charge is 0.265 e. The van der Waals surface area contributed by atoms with Gasteiger partial charge in [-0.2, -0.15) is 0 Å². The third-order valence-corrected chi connectivity index (χ3v) is 4.24. The van der Waals surface area contributed by atoms with Crippen LogP contribution in [0.3, 0.4) is 0 Å². The third-order valence-electron chi connectivity index (χ3n) is 4.24. The number of benzene rings is 2. The summed E-state index contributed by atoms with van der Waals surface area (Å²) in [6.45, 7) is 2.11. The van der Waals surface area contributed by atoms with Crippen LogP contribution < -0.4 is 14.8 Å². The van der Waals surface area contributed by atoms with Crippen molar-refractivity contribution in [2.75, 3.05) is 0 Å². The van der Waals surface area contributed by atoms with Crippen LogP contribution in [0.25, 0.3) is 11.3 Å². The molecule has 1 amide bonds. The van der Waals surface area contributed by atoms with Crippen molar-refractivity contribution >= 4 is 5.91 Å². The van der Waals surface area contributed by atoms with E-state index in [0.29, 0.717) is 23.9 Å². The molecule has 6 nitrogen and oxygen atoms in total. The SMILES string of the molecule is C[C@@H]1Oc2ccccc2O[C@@H]1C(=O)NCc1ncc(-c2ccccc2)[nH]1. The zero-order chi connectivity index (χ0) is 17.9. The molecule has 2 aromatic carbocycles. The molecule has 0 bridgehead atoms. The first-order valence-corrected chi connectivity index (χ1v) is 8.50. The molecule has 0 unspecified atom stereocenters. The van der Waals surface area contributed by atoms with E-state index in [1.165, 1.54) is 0 Å². The van der Waals surface area contributed by atoms with Crippen molar-refractivity contribution < 1.29 is 14.3 Å². The van der Waals surface area contributed by atoms with Crippen LogP contribution in [-0.2, 0) is 11.3 Å². The largest absolute Gasteiger partial charge is 0.482 e. The highest BCUT2D eigenvalue weighted by molar-refractivity contribution is 5.82. The molecule has 1 aliphatic rings. The minimum Gasteiger partial charge on any atom is -0.482 e. The van der Waals surface area contributed by atoms with E-state index in [2.05, 4.69) is 15.3 Å². The molecule has 0 saturated heterocycles. The van der Waals surface area contributed by atoms with Gasteiger partial charge in [0, 0.05) is 0 Å². The average Bonchev–Trinajstić information content (AvgIpc) is 3.15. The minimum atomic E-state index is -0.701. The molecule has 1 aromatic heterocycles. The summed E-state index contributed by atoms with van der Waals surface area (Å²) in [4.78, 5) is 20.0. The topological polar surface area (TPSA) is 76.2 Å². The van der Waals surface area contributed by atoms with Crippen molar-refractivity contribution in [1.82, 2.24) is 15.3 Å². The van der Waals surface area contributed by atoms with Gasteiger partial charge in [-0.05, 0) is 24.6 Å². The zero-order valence-electron chi connectivity index (χ0n) is 14.3. The van der Waals surface area contributed by atoms with Gasteiger partial charge in [-0.15, -0.1) is 0 Å². The zero-order valence-corrected chi connectivity index (χ0v) is 14.3. The fourth-order valence-electron chi connectivity index (χ4n) is 2.89. The fourth-order valence-corrected chi connectivity index (χ4v) is 2.89. The molecule has 1 aliphatic heterocycles. The first-order chi connectivity index (χ1) is 12.7. The Morgan fingerprint density at radius 3 is 2.54 bits per heavy atom. The van der Waals surface area contributed by atoms with Crippen LogP contribution in [0.5, 0.6) is 11.5 Å². The van der Waals surface area contributed by atoms with Gasteiger partial charge in [-0.25, -0.2) is 4.98 Å². The van der Waals surface area contributed by atoms with Crippen LogP contribution in [0.1, 0.15) is 12.7 Å². The number of hydrogen-bond acceptors (Lipinski definition) is 4. The number of fused-ring (bicyclic) bond motifs is 1. The van der Waals surface area contributed by atoms with Crippen LogP contribution >= 0.6 is 0 Å². The monoisotopic (exact) mass is 349 g/mol. The first-order valence-electron chi connectivity index (χ1n) is 8.50. The van der Waals surface area contributed by atoms with Crippen molar-refractivity contribution in [2.24, 2.45) is 0 Å². The Bertz CT molecular complexity index is 907. The highest BCUT2D eigenvalue weighted by Gasteiger charge is 2.33. The number of carbonyl (C=O) groups is 1. The molecule has 2 heterocycles. The van der Waals surface area contributed by atoms with E-state index in [9.17, 15) is 4.79 Å². The van der Waals surface area contributed by atoms with Crippen molar-refractivity contribution in [2.45, 2.75) is 25.7 Å². The van der Waals surface area contributed by atoms with Gasteiger partial charge in [-0.1, -0.05) is 42.5 Å². The predicted octanol–water partition coefficient (Wildman–Crippen LogP) is 2.92. The van der Waals surface area contributed by atoms with Crippen molar-refractivity contribution in [3.63, 3.8) is 0 Å². The lowest BCUT2D eigenvalue weighted by molar-refractivity contribution is -0.133. The molecule has 0 radical (unpaired) electrons. The number of para-hydroxylation sites is 2. The number of nitrogens with one attached hydrogen (secondary N) is 2. The Hall–Kier alpha value is -3.28. The summed E-state index contributed by atoms with van der Waals surface area (Å²) in [7, 11) is 0. The standard InChI is InChI=1S/C20H19N3O3/c1-13-19(26-17-10-6-5-9-16(17)25-13)20(24)22-12-18-21-11-15(23-18)14-7-3-2-4-8-14/h2-11,13,19H,12H2,1H3,(H,21,23)(H,22,24)/t13-,19-/m0/s1. The molecule has 26 heavy (non-hydrogen) atoms. The Morgan fingerprint density at radius 1 is 1.08 bits per heavy atom. The number of hydrogen-bond donors (Lipinski definition) is 2. The number of imidazole rings is 1. The second kappa shape index (κ2) is 6.92. The molecule has 132 valence electrons. The van der Waals surface area contributed by atoms with E-state index in [1.54, 1.807) is 12.3 Å². The number of aromatic nitrogens is 2. The molecule has 0 saturated carbocycles. The van der Waals surface area contributed by atoms with Gasteiger partial charge >= 0.3 is 0 Å². The van der Waals surface area contributed by atoms with Gasteiger partial charge in [0.2, 0.25) is 6.10 Å². The molecule has 0 aliphatic carbocycles. The normalized spacial score (nSPS) is 18.3. The Morgan fingerprint density at radius 2 is 1.77 bits per heavy atom. The van der Waals surface area contributed by atoms with Crippen LogP contribution in [0.2, 0.25) is 0 Å². The molecule has 0 spiro atoms. The predicted molar refractivity (Wildman–Crippen MR) is 96.8 cm³/mol. The van der Waals surface area contributed by atoms with Crippen molar-refractivity contribution in [3.8, 4) is 22.8 Å². The van der Waals surface area contributed by atoms with Crippen LogP contribution in [0, 0.1) is 0 Å². The molecule has 6 heteroatoms. The van der Waals surface area contributed by atoms with Gasteiger partial charge in [0.25, 0.3) is 5.91 Å². The number of carbonyl (C=O) groups excluding carboxylic acids is 1. The van der Waals surface area contributed by atoms with Gasteiger partial charge < -0.3 is 19.8 Å². The average molecular weight is 349 g/mol. The summed E-state index contributed by atoms with van der Waals surface area (Å²) in [5, 5.41) is 2.86. The Balaban J connectivity index is 1.39. The van der Waals surface area contributed by atoms with Crippen LogP contribution in [0.15, 0.2) is 60.8 Å². The summed E-state index contributed by atoms with van der Waals surface area (Å²) < 4.78 is 11.6. The van der Waals surface area contributed by atoms with Crippen molar-refractivity contribution in [1.29, 1.82) is 0 Å². The number of rotatable bonds is 4. The Labute approximate surface area is 151 Å². The van der Waals surface area contributed by atoms with E-state index in [-0.39, 0.29) is 12.0 Å². The number of nitrogens with zero attached hydrogens (tertiary/aromatic N) is 1. The van der Waals surface area contributed by atoms with E-state index in [0.717, 1.165) is 11.3 Å². The van der Waals surface area contributed by atoms with Crippen molar-refractivity contribution in [3.05, 3.63) is 66.6 Å². The maximum absolute atomic E-state index is 12.5. The summed E-state index contributed by atoms with van der Waals surface area (Å²) in [5.74, 6) is 1.68. The van der Waals surface area contributed by atoms with Gasteiger partial charge in [0.1, 0.15) is 11.9 Å². The van der Waals surface area contributed by atoms with E-state index >= 15 is 0 Å². The molecule has 3 aromatic rings. The lowest BCUT2D eigenvalue weighted by Crippen LogP contribution is -2.48. The van der Waals surface area contributed by atoms with Gasteiger partial charge in [0.15, 0.2) is 11.5 Å². The van der Waals surface area contributed by atoms with Gasteiger partial charge in [0.05, 0.1) is 18.4 Å². The second-order valence-corrected chi connectivity index (χ2v) is 6.14. The summed E-state index contributed by atoms with van der Waals surface area (Å²) in [5.41, 5.74) is 1.96. The summed E-state index contributed by atoms with van der Waals surface area (Å²) in [6, 6.07) is 17.2. The highest BCUT2D eigenvalue weighted by Crippen LogP contribution is 2.33. The Kier molecular flexibility index (Phi) is 4.31. The fraction of sp³-hybridized carbons (Fsp3) is 0.200. The quantitative estimate of drug-likeness (QED) is 0.759. The van der Waals surface area contributed by atoms with Crippen LogP contribution in [-0.4, -0.2) is 28.1 Å². The van der Waals surface area contributed by atoms with Gasteiger partial charge in [-0.3, -0.25) is 4.79 Å². The second-order valence-electron chi connectivity index (χ2n) is 6.14. The summed E-state index contributed by atoms with van der Waals surface area (Å²) >= 11 is 0. The molecule has 0 fully saturated rings. The highest BCUT2D eigenvalue weighted by atomic mass is 16.6. The number of H-pyrrole nitrogens is 1. The minimum absolute atomic E-state index is 0.232. The maximum atomic E-state index is 12.5. The lowest BCUT2D eigenvalue weighted by atomic mass is 10.1. The maximum Gasteiger partial charge on any atom is 0.265 e. The molecular formula is C20H19N3O3. The molecule has 4 rings (SSSR count). The molecular weight excluding hydrogens is 330 g/mol. The van der Waals surface area contributed by atoms with E-state index < -0.39 is 6.10 Å². The van der Waals surface area contributed by atoms with E-state index in [4.69, 9.17) is 9.47 Å². The molecule has 2 atom stereocenters. The van der Waals surface area contributed by atoms with Crippen LogP contribution in [0.4, 0.5) is 0 Å². The number of aromatic amines is 1. The first kappa shape index (κ1) is 16.2. The molecule has 2 N–H and O–H groups in total. The van der Waals surface area contributed by atoms with E-state index in [1.807, 2.05) is 55.5 Å². The summed E-state index contributed by atoms with van der Waals surface area (Å²) in [6.07, 6.45) is 0.686. The lowest BCUT2D eigenvalue weighted by Gasteiger charge is -2.30. The number of ether oxygens (including phenoxy) is 2. The number of amides is 1.